The number of hydrogen-bond donors (Lipinski definition) is 0. The Hall–Kier alpha value is -1.35. The van der Waals surface area contributed by atoms with E-state index in [0.717, 1.165) is 16.6 Å². The fourth-order valence-corrected chi connectivity index (χ4v) is 1.49. The van der Waals surface area contributed by atoms with Crippen LogP contribution in [0.5, 0.6) is 0 Å². The van der Waals surface area contributed by atoms with Crippen LogP contribution in [0.4, 0.5) is 5.69 Å². The summed E-state index contributed by atoms with van der Waals surface area (Å²) in [4.78, 5) is 10.1. The standard InChI is InChI=1S/C10H10ClN3/c1-14(2)7-3-4-9-8(5-7)10(11)13-6-12-9/h3-6H,1-2H3. The third kappa shape index (κ3) is 1.51. The van der Waals surface area contributed by atoms with E-state index >= 15 is 0 Å². The molecule has 0 saturated carbocycles. The molecule has 0 bridgehead atoms. The fraction of sp³-hybridized carbons (Fsp3) is 0.200. The Labute approximate surface area is 87.3 Å². The van der Waals surface area contributed by atoms with Crippen molar-refractivity contribution in [3.05, 3.63) is 29.7 Å². The van der Waals surface area contributed by atoms with Gasteiger partial charge < -0.3 is 4.90 Å². The lowest BCUT2D eigenvalue weighted by Crippen LogP contribution is -2.08. The van der Waals surface area contributed by atoms with E-state index in [0.29, 0.717) is 5.15 Å². The molecule has 2 rings (SSSR count). The molecule has 0 atom stereocenters. The fourth-order valence-electron chi connectivity index (χ4n) is 1.29. The van der Waals surface area contributed by atoms with Crippen LogP contribution in [0.2, 0.25) is 5.15 Å². The van der Waals surface area contributed by atoms with Gasteiger partial charge in [0.15, 0.2) is 0 Å². The van der Waals surface area contributed by atoms with E-state index < -0.39 is 0 Å². The van der Waals surface area contributed by atoms with Gasteiger partial charge >= 0.3 is 0 Å². The van der Waals surface area contributed by atoms with E-state index in [1.54, 1.807) is 0 Å². The minimum atomic E-state index is 0.499. The zero-order valence-corrected chi connectivity index (χ0v) is 8.78. The summed E-state index contributed by atoms with van der Waals surface area (Å²) in [6, 6.07) is 5.93. The van der Waals surface area contributed by atoms with Gasteiger partial charge in [-0.2, -0.15) is 0 Å². The van der Waals surface area contributed by atoms with Crippen LogP contribution in [0.25, 0.3) is 10.9 Å². The van der Waals surface area contributed by atoms with Gasteiger partial charge in [-0.25, -0.2) is 9.97 Å². The highest BCUT2D eigenvalue weighted by molar-refractivity contribution is 6.34. The van der Waals surface area contributed by atoms with Gasteiger partial charge in [0.05, 0.1) is 5.52 Å². The average Bonchev–Trinajstić information content (AvgIpc) is 2.18. The van der Waals surface area contributed by atoms with E-state index in [9.17, 15) is 0 Å². The molecule has 0 spiro atoms. The lowest BCUT2D eigenvalue weighted by Gasteiger charge is -2.12. The molecule has 4 heteroatoms. The van der Waals surface area contributed by atoms with Crippen LogP contribution in [0.3, 0.4) is 0 Å². The Morgan fingerprint density at radius 2 is 2.00 bits per heavy atom. The van der Waals surface area contributed by atoms with Crippen LogP contribution in [0.15, 0.2) is 24.5 Å². The number of nitrogens with zero attached hydrogens (tertiary/aromatic N) is 3. The summed E-state index contributed by atoms with van der Waals surface area (Å²) >= 11 is 5.96. The van der Waals surface area contributed by atoms with Crippen LogP contribution in [0, 0.1) is 0 Å². The van der Waals surface area contributed by atoms with Gasteiger partial charge in [0.1, 0.15) is 11.5 Å². The number of halogens is 1. The quantitative estimate of drug-likeness (QED) is 0.673. The highest BCUT2D eigenvalue weighted by Crippen LogP contribution is 2.23. The minimum Gasteiger partial charge on any atom is -0.378 e. The number of anilines is 1. The zero-order chi connectivity index (χ0) is 10.1. The van der Waals surface area contributed by atoms with Crippen molar-refractivity contribution in [3.8, 4) is 0 Å². The van der Waals surface area contributed by atoms with Crippen molar-refractivity contribution in [2.45, 2.75) is 0 Å². The Morgan fingerprint density at radius 1 is 1.21 bits per heavy atom. The number of rotatable bonds is 1. The number of hydrogen-bond acceptors (Lipinski definition) is 3. The van der Waals surface area contributed by atoms with Crippen molar-refractivity contribution < 1.29 is 0 Å². The van der Waals surface area contributed by atoms with Gasteiger partial charge in [-0.15, -0.1) is 0 Å². The third-order valence-corrected chi connectivity index (χ3v) is 2.39. The largest absolute Gasteiger partial charge is 0.378 e. The maximum atomic E-state index is 5.96. The Bertz CT molecular complexity index is 468. The normalized spacial score (nSPS) is 10.5. The average molecular weight is 208 g/mol. The first kappa shape index (κ1) is 9.21. The van der Waals surface area contributed by atoms with Gasteiger partial charge in [-0.1, -0.05) is 11.6 Å². The summed E-state index contributed by atoms with van der Waals surface area (Å²) in [6.07, 6.45) is 1.47. The smallest absolute Gasteiger partial charge is 0.140 e. The van der Waals surface area contributed by atoms with Crippen LogP contribution >= 0.6 is 11.6 Å². The van der Waals surface area contributed by atoms with E-state index in [1.165, 1.54) is 6.33 Å². The molecular formula is C10H10ClN3. The molecule has 1 aromatic heterocycles. The molecule has 1 aromatic carbocycles. The molecule has 0 unspecified atom stereocenters. The summed E-state index contributed by atoms with van der Waals surface area (Å²) in [7, 11) is 3.97. The lowest BCUT2D eigenvalue weighted by atomic mass is 10.2. The van der Waals surface area contributed by atoms with E-state index in [1.807, 2.05) is 37.2 Å². The summed E-state index contributed by atoms with van der Waals surface area (Å²) in [6.45, 7) is 0. The summed E-state index contributed by atoms with van der Waals surface area (Å²) in [5, 5.41) is 1.39. The Balaban J connectivity index is 2.70. The molecule has 0 aliphatic heterocycles. The van der Waals surface area contributed by atoms with Crippen molar-refractivity contribution in [2.24, 2.45) is 0 Å². The number of fused-ring (bicyclic) bond motifs is 1. The highest BCUT2D eigenvalue weighted by Gasteiger charge is 2.02. The molecule has 14 heavy (non-hydrogen) atoms. The maximum Gasteiger partial charge on any atom is 0.140 e. The molecule has 0 fully saturated rings. The SMILES string of the molecule is CN(C)c1ccc2ncnc(Cl)c2c1. The molecule has 0 radical (unpaired) electrons. The molecular weight excluding hydrogens is 198 g/mol. The first-order chi connectivity index (χ1) is 6.68. The molecule has 0 aliphatic rings. The lowest BCUT2D eigenvalue weighted by molar-refractivity contribution is 1.13. The summed E-state index contributed by atoms with van der Waals surface area (Å²) < 4.78 is 0. The second-order valence-electron chi connectivity index (χ2n) is 3.26. The van der Waals surface area contributed by atoms with Gasteiger partial charge in [-0.05, 0) is 18.2 Å². The first-order valence-electron chi connectivity index (χ1n) is 4.26. The van der Waals surface area contributed by atoms with Crippen molar-refractivity contribution in [2.75, 3.05) is 19.0 Å². The molecule has 0 N–H and O–H groups in total. The van der Waals surface area contributed by atoms with Crippen LogP contribution in [-0.4, -0.2) is 24.1 Å². The molecule has 1 heterocycles. The van der Waals surface area contributed by atoms with Gasteiger partial charge in [0.2, 0.25) is 0 Å². The van der Waals surface area contributed by atoms with Crippen molar-refractivity contribution in [3.63, 3.8) is 0 Å². The minimum absolute atomic E-state index is 0.499. The maximum absolute atomic E-state index is 5.96. The topological polar surface area (TPSA) is 29.0 Å². The van der Waals surface area contributed by atoms with E-state index in [4.69, 9.17) is 11.6 Å². The monoisotopic (exact) mass is 207 g/mol. The van der Waals surface area contributed by atoms with Crippen LogP contribution in [0.1, 0.15) is 0 Å². The zero-order valence-electron chi connectivity index (χ0n) is 8.03. The molecule has 3 nitrogen and oxygen atoms in total. The first-order valence-corrected chi connectivity index (χ1v) is 4.64. The highest BCUT2D eigenvalue weighted by atomic mass is 35.5. The predicted octanol–water partition coefficient (Wildman–Crippen LogP) is 2.35. The third-order valence-electron chi connectivity index (χ3n) is 2.09. The van der Waals surface area contributed by atoms with E-state index in [-0.39, 0.29) is 0 Å². The van der Waals surface area contributed by atoms with Crippen molar-refractivity contribution >= 4 is 28.2 Å². The van der Waals surface area contributed by atoms with E-state index in [2.05, 4.69) is 9.97 Å². The number of benzene rings is 1. The molecule has 0 amide bonds. The van der Waals surface area contributed by atoms with Gasteiger partial charge in [0, 0.05) is 25.2 Å². The Morgan fingerprint density at radius 3 is 2.71 bits per heavy atom. The van der Waals surface area contributed by atoms with Crippen LogP contribution in [-0.2, 0) is 0 Å². The Kier molecular flexibility index (Phi) is 2.25. The molecule has 72 valence electrons. The summed E-state index contributed by atoms with van der Waals surface area (Å²) in [5.74, 6) is 0. The van der Waals surface area contributed by atoms with Gasteiger partial charge in [0.25, 0.3) is 0 Å². The van der Waals surface area contributed by atoms with Gasteiger partial charge in [-0.3, -0.25) is 0 Å². The van der Waals surface area contributed by atoms with Crippen molar-refractivity contribution in [1.29, 1.82) is 0 Å². The second-order valence-corrected chi connectivity index (χ2v) is 3.62. The molecule has 0 saturated heterocycles. The predicted molar refractivity (Wildman–Crippen MR) is 58.9 cm³/mol. The van der Waals surface area contributed by atoms with Crippen molar-refractivity contribution in [1.82, 2.24) is 9.97 Å². The second kappa shape index (κ2) is 3.42. The van der Waals surface area contributed by atoms with Crippen LogP contribution < -0.4 is 4.90 Å². The summed E-state index contributed by atoms with van der Waals surface area (Å²) in [5.41, 5.74) is 1.96. The molecule has 2 aromatic rings. The molecule has 0 aliphatic carbocycles. The number of aromatic nitrogens is 2.